The molecule has 0 bridgehead atoms. The van der Waals surface area contributed by atoms with Crippen molar-refractivity contribution in [1.29, 1.82) is 0 Å². The summed E-state index contributed by atoms with van der Waals surface area (Å²) in [6, 6.07) is 4.84. The molecule has 0 unspecified atom stereocenters. The molecule has 0 heterocycles. The van der Waals surface area contributed by atoms with Crippen LogP contribution in [0.15, 0.2) is 18.2 Å². The zero-order chi connectivity index (χ0) is 7.56. The van der Waals surface area contributed by atoms with Gasteiger partial charge in [0.15, 0.2) is 0 Å². The van der Waals surface area contributed by atoms with Crippen molar-refractivity contribution in [3.63, 3.8) is 0 Å². The Balaban J connectivity index is 3.07. The van der Waals surface area contributed by atoms with Gasteiger partial charge in [0.25, 0.3) is 0 Å². The van der Waals surface area contributed by atoms with E-state index in [1.807, 2.05) is 4.93 Å². The molecule has 0 atom stereocenters. The standard InChI is InChI=1S/C7H6ClFI/c1-10-7-3-2-5(8)4-6(7)9/h2-4H,1H3/q-1. The Kier molecular flexibility index (Phi) is 2.92. The van der Waals surface area contributed by atoms with Gasteiger partial charge in [0.05, 0.1) is 0 Å². The van der Waals surface area contributed by atoms with Crippen LogP contribution in [0.25, 0.3) is 0 Å². The second kappa shape index (κ2) is 3.53. The molecule has 3 heteroatoms. The zero-order valence-electron chi connectivity index (χ0n) is 5.37. The third-order valence-corrected chi connectivity index (χ3v) is 3.36. The number of alkyl halides is 1. The van der Waals surface area contributed by atoms with Gasteiger partial charge in [-0.1, -0.05) is 0 Å². The maximum absolute atomic E-state index is 12.8. The van der Waals surface area contributed by atoms with Gasteiger partial charge in [-0.15, -0.1) is 0 Å². The monoisotopic (exact) mass is 271 g/mol. The Morgan fingerprint density at radius 3 is 2.70 bits per heavy atom. The first-order valence-corrected chi connectivity index (χ1v) is 6.30. The van der Waals surface area contributed by atoms with E-state index in [0.29, 0.717) is 5.02 Å². The van der Waals surface area contributed by atoms with Gasteiger partial charge in [0.2, 0.25) is 0 Å². The van der Waals surface area contributed by atoms with E-state index >= 15 is 0 Å². The van der Waals surface area contributed by atoms with Crippen LogP contribution < -0.4 is 21.2 Å². The van der Waals surface area contributed by atoms with Gasteiger partial charge in [0, 0.05) is 0 Å². The molecule has 0 spiro atoms. The molecule has 0 radical (unpaired) electrons. The minimum atomic E-state index is -0.164. The second-order valence-electron chi connectivity index (χ2n) is 1.75. The zero-order valence-corrected chi connectivity index (χ0v) is 8.28. The molecule has 0 nitrogen and oxygen atoms in total. The molecule has 0 aliphatic heterocycles. The third kappa shape index (κ3) is 1.83. The minimum absolute atomic E-state index is 0.159. The Bertz CT molecular complexity index is 237. The van der Waals surface area contributed by atoms with E-state index in [-0.39, 0.29) is 27.0 Å². The quantitative estimate of drug-likeness (QED) is 0.362. The summed E-state index contributed by atoms with van der Waals surface area (Å²) in [5, 5.41) is 0.471. The van der Waals surface area contributed by atoms with Crippen LogP contribution in [0.5, 0.6) is 0 Å². The fraction of sp³-hybridized carbons (Fsp3) is 0.143. The third-order valence-electron chi connectivity index (χ3n) is 1.09. The number of hydrogen-bond donors (Lipinski definition) is 0. The van der Waals surface area contributed by atoms with Crippen LogP contribution in [0.1, 0.15) is 0 Å². The van der Waals surface area contributed by atoms with Crippen molar-refractivity contribution in [2.45, 2.75) is 0 Å². The van der Waals surface area contributed by atoms with E-state index < -0.39 is 0 Å². The summed E-state index contributed by atoms with van der Waals surface area (Å²) in [6.07, 6.45) is 0. The van der Waals surface area contributed by atoms with Gasteiger partial charge in [-0.25, -0.2) is 0 Å². The summed E-state index contributed by atoms with van der Waals surface area (Å²) < 4.78 is 13.6. The van der Waals surface area contributed by atoms with Crippen molar-refractivity contribution in [3.8, 4) is 0 Å². The van der Waals surface area contributed by atoms with Gasteiger partial charge in [-0.3, -0.25) is 0 Å². The molecular weight excluding hydrogens is 265 g/mol. The van der Waals surface area contributed by atoms with Crippen LogP contribution in [0, 0.1) is 9.39 Å². The Morgan fingerprint density at radius 2 is 2.20 bits per heavy atom. The summed E-state index contributed by atoms with van der Waals surface area (Å²) in [6.45, 7) is 0. The molecule has 56 valence electrons. The van der Waals surface area contributed by atoms with Gasteiger partial charge < -0.3 is 0 Å². The van der Waals surface area contributed by atoms with Crippen LogP contribution in [0.2, 0.25) is 5.02 Å². The average molecular weight is 271 g/mol. The van der Waals surface area contributed by atoms with Crippen LogP contribution >= 0.6 is 11.6 Å². The summed E-state index contributed by atoms with van der Waals surface area (Å²) >= 11 is 5.39. The normalized spacial score (nSPS) is 10.3. The first-order valence-electron chi connectivity index (χ1n) is 2.68. The number of benzene rings is 1. The van der Waals surface area contributed by atoms with Crippen molar-refractivity contribution < 1.29 is 25.6 Å². The molecule has 0 aliphatic carbocycles. The van der Waals surface area contributed by atoms with Crippen molar-refractivity contribution in [2.24, 2.45) is 0 Å². The molecule has 10 heavy (non-hydrogen) atoms. The molecule has 0 N–H and O–H groups in total. The Morgan fingerprint density at radius 1 is 1.50 bits per heavy atom. The van der Waals surface area contributed by atoms with Crippen molar-refractivity contribution >= 4 is 11.6 Å². The van der Waals surface area contributed by atoms with E-state index in [0.717, 1.165) is 3.57 Å². The van der Waals surface area contributed by atoms with Crippen molar-refractivity contribution in [2.75, 3.05) is 4.93 Å². The Hall–Kier alpha value is 0.170. The van der Waals surface area contributed by atoms with Gasteiger partial charge in [-0.2, -0.15) is 0 Å². The predicted molar refractivity (Wildman–Crippen MR) is 36.0 cm³/mol. The van der Waals surface area contributed by atoms with E-state index in [9.17, 15) is 4.39 Å². The average Bonchev–Trinajstić information content (AvgIpc) is 1.88. The fourth-order valence-corrected chi connectivity index (χ4v) is 1.99. The summed E-state index contributed by atoms with van der Waals surface area (Å²) in [5.41, 5.74) is 0. The molecule has 0 saturated heterocycles. The van der Waals surface area contributed by atoms with Gasteiger partial charge >= 0.3 is 74.7 Å². The van der Waals surface area contributed by atoms with Crippen LogP contribution in [0.3, 0.4) is 0 Å². The van der Waals surface area contributed by atoms with E-state index in [4.69, 9.17) is 11.6 Å². The van der Waals surface area contributed by atoms with Crippen molar-refractivity contribution in [3.05, 3.63) is 32.6 Å². The molecule has 1 aromatic rings. The molecule has 1 rings (SSSR count). The second-order valence-corrected chi connectivity index (χ2v) is 4.42. The summed E-state index contributed by atoms with van der Waals surface area (Å²) in [5.74, 6) is -0.164. The van der Waals surface area contributed by atoms with E-state index in [1.165, 1.54) is 6.07 Å². The molecule has 1 aromatic carbocycles. The van der Waals surface area contributed by atoms with Crippen molar-refractivity contribution in [1.82, 2.24) is 0 Å². The predicted octanol–water partition coefficient (Wildman–Crippen LogP) is -0.632. The number of halogens is 3. The summed E-state index contributed by atoms with van der Waals surface area (Å²) in [7, 11) is 0. The Labute approximate surface area is 74.7 Å². The first-order chi connectivity index (χ1) is 4.74. The molecule has 0 aromatic heterocycles. The van der Waals surface area contributed by atoms with Gasteiger partial charge in [0.1, 0.15) is 0 Å². The number of rotatable bonds is 1. The van der Waals surface area contributed by atoms with Crippen LogP contribution in [0.4, 0.5) is 4.39 Å². The molecule has 0 amide bonds. The van der Waals surface area contributed by atoms with E-state index in [1.54, 1.807) is 12.1 Å². The summed E-state index contributed by atoms with van der Waals surface area (Å²) in [4.78, 5) is 2.02. The molecule has 0 saturated carbocycles. The van der Waals surface area contributed by atoms with Crippen LogP contribution in [-0.4, -0.2) is 4.93 Å². The van der Waals surface area contributed by atoms with Crippen LogP contribution in [-0.2, 0) is 0 Å². The molecule has 0 aliphatic rings. The number of hydrogen-bond acceptors (Lipinski definition) is 0. The fourth-order valence-electron chi connectivity index (χ4n) is 0.624. The topological polar surface area (TPSA) is 0 Å². The molecule has 0 fully saturated rings. The van der Waals surface area contributed by atoms with Gasteiger partial charge in [-0.05, 0) is 0 Å². The SMILES string of the molecule is C[I-]c1ccc(Cl)cc1F. The maximum atomic E-state index is 12.8. The first kappa shape index (κ1) is 8.27. The molecular formula is C7H6ClFI-. The van der Waals surface area contributed by atoms with E-state index in [2.05, 4.69) is 0 Å².